The number of ether oxygens (including phenoxy) is 1. The fourth-order valence-electron chi connectivity index (χ4n) is 1.98. The van der Waals surface area contributed by atoms with E-state index >= 15 is 0 Å². The van der Waals surface area contributed by atoms with Crippen molar-refractivity contribution in [2.24, 2.45) is 0 Å². The van der Waals surface area contributed by atoms with Crippen molar-refractivity contribution in [1.82, 2.24) is 14.7 Å². The molecule has 8 heteroatoms. The van der Waals surface area contributed by atoms with Gasteiger partial charge < -0.3 is 9.64 Å². The van der Waals surface area contributed by atoms with Crippen molar-refractivity contribution in [1.29, 1.82) is 0 Å². The fraction of sp³-hybridized carbons (Fsp3) is 0.250. The first-order valence-electron chi connectivity index (χ1n) is 6.95. The van der Waals surface area contributed by atoms with Crippen molar-refractivity contribution in [2.45, 2.75) is 12.9 Å². The summed E-state index contributed by atoms with van der Waals surface area (Å²) < 4.78 is 43.1. The zero-order chi connectivity index (χ0) is 17.9. The monoisotopic (exact) mass is 339 g/mol. The van der Waals surface area contributed by atoms with Crippen LogP contribution in [0.5, 0.6) is 5.75 Å². The molecule has 0 fully saturated rings. The molecule has 0 saturated heterocycles. The summed E-state index contributed by atoms with van der Waals surface area (Å²) in [6.45, 7) is 3.59. The predicted octanol–water partition coefficient (Wildman–Crippen LogP) is 3.18. The van der Waals surface area contributed by atoms with E-state index in [2.05, 4.69) is 16.4 Å². The van der Waals surface area contributed by atoms with Crippen LogP contribution < -0.4 is 4.74 Å². The van der Waals surface area contributed by atoms with Gasteiger partial charge in [0, 0.05) is 31.4 Å². The largest absolute Gasteiger partial charge is 0.573 e. The maximum atomic E-state index is 12.6. The maximum Gasteiger partial charge on any atom is 0.573 e. The Bertz CT molecular complexity index is 751. The first-order valence-corrected chi connectivity index (χ1v) is 6.95. The summed E-state index contributed by atoms with van der Waals surface area (Å²) in [6, 6.07) is 4.21. The van der Waals surface area contributed by atoms with E-state index in [0.29, 0.717) is 11.1 Å². The SMILES string of the molecule is C=Cc1ccc(OC(F)(F)F)c(-c2cnn(CC(=O)N(C)C)c2)c1. The molecule has 0 aliphatic heterocycles. The lowest BCUT2D eigenvalue weighted by atomic mass is 10.0. The summed E-state index contributed by atoms with van der Waals surface area (Å²) in [5.74, 6) is -0.525. The van der Waals surface area contributed by atoms with Crippen molar-refractivity contribution in [3.63, 3.8) is 0 Å². The number of hydrogen-bond donors (Lipinski definition) is 0. The molecule has 0 atom stereocenters. The molecule has 24 heavy (non-hydrogen) atoms. The third kappa shape index (κ3) is 4.37. The third-order valence-electron chi connectivity index (χ3n) is 3.21. The van der Waals surface area contributed by atoms with Gasteiger partial charge in [-0.15, -0.1) is 13.2 Å². The van der Waals surface area contributed by atoms with Crippen molar-refractivity contribution >= 4 is 12.0 Å². The molecule has 2 rings (SSSR count). The number of aromatic nitrogens is 2. The molecule has 0 aliphatic rings. The van der Waals surface area contributed by atoms with Crippen LogP contribution >= 0.6 is 0 Å². The Hall–Kier alpha value is -2.77. The van der Waals surface area contributed by atoms with Crippen molar-refractivity contribution < 1.29 is 22.7 Å². The highest BCUT2D eigenvalue weighted by molar-refractivity contribution is 5.76. The summed E-state index contributed by atoms with van der Waals surface area (Å²) >= 11 is 0. The summed E-state index contributed by atoms with van der Waals surface area (Å²) in [4.78, 5) is 13.1. The van der Waals surface area contributed by atoms with Crippen molar-refractivity contribution in [2.75, 3.05) is 14.1 Å². The minimum atomic E-state index is -4.80. The fourth-order valence-corrected chi connectivity index (χ4v) is 1.98. The van der Waals surface area contributed by atoms with Gasteiger partial charge in [0.25, 0.3) is 0 Å². The number of halogens is 3. The van der Waals surface area contributed by atoms with Gasteiger partial charge in [0.2, 0.25) is 5.91 Å². The van der Waals surface area contributed by atoms with E-state index in [1.807, 2.05) is 0 Å². The molecule has 2 aromatic rings. The lowest BCUT2D eigenvalue weighted by Crippen LogP contribution is -2.26. The maximum absolute atomic E-state index is 12.6. The van der Waals surface area contributed by atoms with Gasteiger partial charge in [-0.05, 0) is 17.7 Å². The molecule has 0 saturated carbocycles. The van der Waals surface area contributed by atoms with Gasteiger partial charge in [-0.25, -0.2) is 0 Å². The Morgan fingerprint density at radius 3 is 2.71 bits per heavy atom. The zero-order valence-corrected chi connectivity index (χ0v) is 13.2. The molecule has 128 valence electrons. The highest BCUT2D eigenvalue weighted by Gasteiger charge is 2.32. The van der Waals surface area contributed by atoms with Gasteiger partial charge in [-0.3, -0.25) is 9.48 Å². The van der Waals surface area contributed by atoms with Crippen LogP contribution in [0.15, 0.2) is 37.2 Å². The van der Waals surface area contributed by atoms with Crippen LogP contribution in [0.1, 0.15) is 5.56 Å². The van der Waals surface area contributed by atoms with Crippen LogP contribution in [0.2, 0.25) is 0 Å². The van der Waals surface area contributed by atoms with Crippen LogP contribution in [0.3, 0.4) is 0 Å². The lowest BCUT2D eigenvalue weighted by molar-refractivity contribution is -0.274. The number of carbonyl (C=O) groups excluding carboxylic acids is 1. The van der Waals surface area contributed by atoms with Gasteiger partial charge >= 0.3 is 6.36 Å². The van der Waals surface area contributed by atoms with Crippen LogP contribution in [-0.2, 0) is 11.3 Å². The number of carbonyl (C=O) groups is 1. The van der Waals surface area contributed by atoms with Crippen LogP contribution in [-0.4, -0.2) is 41.0 Å². The number of amides is 1. The van der Waals surface area contributed by atoms with Gasteiger partial charge in [0.1, 0.15) is 12.3 Å². The Morgan fingerprint density at radius 1 is 1.42 bits per heavy atom. The van der Waals surface area contributed by atoms with Gasteiger partial charge in [0.05, 0.1) is 6.20 Å². The number of likely N-dealkylation sites (N-methyl/N-ethyl adjacent to an activating group) is 1. The highest BCUT2D eigenvalue weighted by atomic mass is 19.4. The molecule has 0 radical (unpaired) electrons. The molecule has 1 amide bonds. The van der Waals surface area contributed by atoms with E-state index in [4.69, 9.17) is 0 Å². The number of alkyl halides is 3. The molecule has 0 N–H and O–H groups in total. The topological polar surface area (TPSA) is 47.4 Å². The number of rotatable bonds is 5. The molecule has 0 bridgehead atoms. The molecular weight excluding hydrogens is 323 g/mol. The first kappa shape index (κ1) is 17.6. The van der Waals surface area contributed by atoms with E-state index in [1.165, 1.54) is 46.3 Å². The first-order chi connectivity index (χ1) is 11.2. The summed E-state index contributed by atoms with van der Waals surface area (Å²) in [5, 5.41) is 4.01. The minimum absolute atomic E-state index is 0.0103. The van der Waals surface area contributed by atoms with Gasteiger partial charge in [-0.1, -0.05) is 18.7 Å². The number of hydrogen-bond acceptors (Lipinski definition) is 3. The smallest absolute Gasteiger partial charge is 0.405 e. The van der Waals surface area contributed by atoms with E-state index in [9.17, 15) is 18.0 Å². The molecule has 0 aliphatic carbocycles. The quantitative estimate of drug-likeness (QED) is 0.841. The van der Waals surface area contributed by atoms with Crippen molar-refractivity contribution in [3.8, 4) is 16.9 Å². The Morgan fingerprint density at radius 2 is 2.12 bits per heavy atom. The molecule has 1 heterocycles. The zero-order valence-electron chi connectivity index (χ0n) is 13.2. The second-order valence-corrected chi connectivity index (χ2v) is 5.22. The normalized spacial score (nSPS) is 11.2. The predicted molar refractivity (Wildman–Crippen MR) is 83.1 cm³/mol. The van der Waals surface area contributed by atoms with Gasteiger partial charge in [0.15, 0.2) is 0 Å². The summed E-state index contributed by atoms with van der Waals surface area (Å²) in [5.41, 5.74) is 1.26. The molecule has 0 spiro atoms. The second kappa shape index (κ2) is 6.77. The second-order valence-electron chi connectivity index (χ2n) is 5.22. The molecule has 1 aromatic heterocycles. The molecular formula is C16H16F3N3O2. The van der Waals surface area contributed by atoms with E-state index in [1.54, 1.807) is 14.1 Å². The van der Waals surface area contributed by atoms with Crippen LogP contribution in [0.4, 0.5) is 13.2 Å². The lowest BCUT2D eigenvalue weighted by Gasteiger charge is -2.13. The average molecular weight is 339 g/mol. The standard InChI is InChI=1S/C16H16F3N3O2/c1-4-11-5-6-14(24-16(17,18)19)13(7-11)12-8-20-22(9-12)10-15(23)21(2)3/h4-9H,1,10H2,2-3H3. The molecule has 0 unspecified atom stereocenters. The van der Waals surface area contributed by atoms with E-state index in [0.717, 1.165) is 0 Å². The van der Waals surface area contributed by atoms with Crippen molar-refractivity contribution in [3.05, 3.63) is 42.7 Å². The number of nitrogens with zero attached hydrogens (tertiary/aromatic N) is 3. The third-order valence-corrected chi connectivity index (χ3v) is 3.21. The van der Waals surface area contributed by atoms with Crippen LogP contribution in [0, 0.1) is 0 Å². The van der Waals surface area contributed by atoms with Crippen LogP contribution in [0.25, 0.3) is 17.2 Å². The molecule has 1 aromatic carbocycles. The minimum Gasteiger partial charge on any atom is -0.405 e. The van der Waals surface area contributed by atoms with Gasteiger partial charge in [-0.2, -0.15) is 5.10 Å². The Labute approximate surface area is 136 Å². The Balaban J connectivity index is 2.38. The van der Waals surface area contributed by atoms with E-state index in [-0.39, 0.29) is 23.8 Å². The summed E-state index contributed by atoms with van der Waals surface area (Å²) in [7, 11) is 3.21. The van der Waals surface area contributed by atoms with E-state index < -0.39 is 6.36 Å². The highest BCUT2D eigenvalue weighted by Crippen LogP contribution is 2.34. The number of benzene rings is 1. The molecule has 5 nitrogen and oxygen atoms in total. The Kier molecular flexibility index (Phi) is 4.96. The average Bonchev–Trinajstić information content (AvgIpc) is 2.94. The summed E-state index contributed by atoms with van der Waals surface area (Å²) in [6.07, 6.45) is -0.413.